The lowest BCUT2D eigenvalue weighted by Gasteiger charge is -2.15. The van der Waals surface area contributed by atoms with Crippen molar-refractivity contribution in [1.29, 1.82) is 0 Å². The number of rotatable bonds is 8. The van der Waals surface area contributed by atoms with Crippen LogP contribution in [0.4, 0.5) is 5.95 Å². The molecule has 0 amide bonds. The molecule has 0 radical (unpaired) electrons. The summed E-state index contributed by atoms with van der Waals surface area (Å²) in [6, 6.07) is 11.9. The van der Waals surface area contributed by atoms with Gasteiger partial charge in [0, 0.05) is 13.1 Å². The lowest BCUT2D eigenvalue weighted by atomic mass is 10.2. The molecule has 0 saturated heterocycles. The Balaban J connectivity index is 1.90. The van der Waals surface area contributed by atoms with Gasteiger partial charge in [-0.15, -0.1) is 6.58 Å². The number of benzene rings is 2. The van der Waals surface area contributed by atoms with E-state index in [-0.39, 0.29) is 0 Å². The zero-order chi connectivity index (χ0) is 18.5. The molecule has 3 aromatic rings. The standard InChI is InChI=1S/C20H23N3O3/c1-5-10-23-16-9-7-6-8-15(16)22-20(23)21-13-14-11-17(24-2)19(26-4)18(12-14)25-3/h5-9,11-12H,1,10,13H2,2-4H3,(H,21,22). The normalized spacial score (nSPS) is 10.6. The number of aromatic nitrogens is 2. The predicted molar refractivity (Wildman–Crippen MR) is 103 cm³/mol. The number of hydrogen-bond acceptors (Lipinski definition) is 5. The summed E-state index contributed by atoms with van der Waals surface area (Å²) >= 11 is 0. The van der Waals surface area contributed by atoms with E-state index in [2.05, 4.69) is 27.5 Å². The molecule has 26 heavy (non-hydrogen) atoms. The first-order chi connectivity index (χ1) is 12.7. The average Bonchev–Trinajstić information content (AvgIpc) is 3.03. The van der Waals surface area contributed by atoms with Gasteiger partial charge in [-0.1, -0.05) is 18.2 Å². The number of nitrogens with one attached hydrogen (secondary N) is 1. The van der Waals surface area contributed by atoms with Gasteiger partial charge in [0.2, 0.25) is 11.7 Å². The van der Waals surface area contributed by atoms with Crippen molar-refractivity contribution < 1.29 is 14.2 Å². The van der Waals surface area contributed by atoms with Gasteiger partial charge < -0.3 is 24.1 Å². The van der Waals surface area contributed by atoms with E-state index in [9.17, 15) is 0 Å². The molecule has 0 bridgehead atoms. The zero-order valence-corrected chi connectivity index (χ0v) is 15.3. The van der Waals surface area contributed by atoms with Crippen LogP contribution in [0.1, 0.15) is 5.56 Å². The van der Waals surface area contributed by atoms with Gasteiger partial charge in [0.15, 0.2) is 11.5 Å². The fraction of sp³-hybridized carbons (Fsp3) is 0.250. The van der Waals surface area contributed by atoms with Crippen molar-refractivity contribution in [2.24, 2.45) is 0 Å². The Labute approximate surface area is 153 Å². The molecule has 1 heterocycles. The summed E-state index contributed by atoms with van der Waals surface area (Å²) in [5, 5.41) is 3.40. The van der Waals surface area contributed by atoms with E-state index in [1.54, 1.807) is 21.3 Å². The smallest absolute Gasteiger partial charge is 0.204 e. The van der Waals surface area contributed by atoms with Crippen molar-refractivity contribution in [1.82, 2.24) is 9.55 Å². The predicted octanol–water partition coefficient (Wildman–Crippen LogP) is 3.86. The summed E-state index contributed by atoms with van der Waals surface area (Å²) in [6.07, 6.45) is 1.86. The molecule has 0 atom stereocenters. The van der Waals surface area contributed by atoms with Gasteiger partial charge in [-0.2, -0.15) is 0 Å². The number of anilines is 1. The second-order valence-electron chi connectivity index (χ2n) is 5.71. The van der Waals surface area contributed by atoms with Crippen LogP contribution in [0.2, 0.25) is 0 Å². The largest absolute Gasteiger partial charge is 0.493 e. The highest BCUT2D eigenvalue weighted by molar-refractivity contribution is 5.78. The van der Waals surface area contributed by atoms with Crippen LogP contribution in [-0.4, -0.2) is 30.9 Å². The molecule has 1 aromatic heterocycles. The molecule has 0 aliphatic heterocycles. The number of para-hydroxylation sites is 2. The van der Waals surface area contributed by atoms with Crippen molar-refractivity contribution >= 4 is 17.0 Å². The van der Waals surface area contributed by atoms with Gasteiger partial charge in [0.1, 0.15) is 0 Å². The maximum atomic E-state index is 5.41. The highest BCUT2D eigenvalue weighted by Gasteiger charge is 2.14. The third-order valence-electron chi connectivity index (χ3n) is 4.14. The quantitative estimate of drug-likeness (QED) is 0.623. The van der Waals surface area contributed by atoms with Crippen molar-refractivity contribution in [2.75, 3.05) is 26.6 Å². The first-order valence-corrected chi connectivity index (χ1v) is 8.30. The van der Waals surface area contributed by atoms with E-state index in [1.165, 1.54) is 0 Å². The second-order valence-corrected chi connectivity index (χ2v) is 5.71. The molecule has 6 heteroatoms. The first kappa shape index (κ1) is 17.7. The van der Waals surface area contributed by atoms with Gasteiger partial charge in [0.25, 0.3) is 0 Å². The Hall–Kier alpha value is -3.15. The molecule has 3 rings (SSSR count). The fourth-order valence-corrected chi connectivity index (χ4v) is 2.94. The van der Waals surface area contributed by atoms with E-state index < -0.39 is 0 Å². The number of methoxy groups -OCH3 is 3. The summed E-state index contributed by atoms with van der Waals surface area (Å²) in [5.74, 6) is 2.63. The number of imidazole rings is 1. The van der Waals surface area contributed by atoms with Gasteiger partial charge in [-0.3, -0.25) is 0 Å². The van der Waals surface area contributed by atoms with Crippen molar-refractivity contribution in [2.45, 2.75) is 13.1 Å². The number of fused-ring (bicyclic) bond motifs is 1. The topological polar surface area (TPSA) is 57.5 Å². The fourth-order valence-electron chi connectivity index (χ4n) is 2.94. The van der Waals surface area contributed by atoms with Crippen LogP contribution in [0.25, 0.3) is 11.0 Å². The van der Waals surface area contributed by atoms with Crippen LogP contribution in [0.15, 0.2) is 49.1 Å². The van der Waals surface area contributed by atoms with E-state index >= 15 is 0 Å². The third-order valence-corrected chi connectivity index (χ3v) is 4.14. The zero-order valence-electron chi connectivity index (χ0n) is 15.3. The van der Waals surface area contributed by atoms with E-state index in [1.807, 2.05) is 36.4 Å². The molecular formula is C20H23N3O3. The van der Waals surface area contributed by atoms with Gasteiger partial charge in [-0.25, -0.2) is 4.98 Å². The van der Waals surface area contributed by atoms with Crippen LogP contribution in [-0.2, 0) is 13.1 Å². The average molecular weight is 353 g/mol. The molecule has 0 aliphatic rings. The Morgan fingerprint density at radius 1 is 1.08 bits per heavy atom. The number of allylic oxidation sites excluding steroid dienone is 1. The first-order valence-electron chi connectivity index (χ1n) is 8.30. The molecular weight excluding hydrogens is 330 g/mol. The highest BCUT2D eigenvalue weighted by Crippen LogP contribution is 2.38. The van der Waals surface area contributed by atoms with Crippen LogP contribution in [0, 0.1) is 0 Å². The summed E-state index contributed by atoms with van der Waals surface area (Å²) in [6.45, 7) is 5.09. The molecule has 0 fully saturated rings. The SMILES string of the molecule is C=CCn1c(NCc2cc(OC)c(OC)c(OC)c2)nc2ccccc21. The maximum absolute atomic E-state index is 5.41. The van der Waals surface area contributed by atoms with Crippen LogP contribution >= 0.6 is 0 Å². The summed E-state index contributed by atoms with van der Waals surface area (Å²) in [7, 11) is 4.81. The van der Waals surface area contributed by atoms with Gasteiger partial charge in [0.05, 0.1) is 32.4 Å². The van der Waals surface area contributed by atoms with Crippen LogP contribution in [0.3, 0.4) is 0 Å². The Bertz CT molecular complexity index is 893. The highest BCUT2D eigenvalue weighted by atomic mass is 16.5. The molecule has 1 N–H and O–H groups in total. The minimum Gasteiger partial charge on any atom is -0.493 e. The minimum atomic E-state index is 0.567. The summed E-state index contributed by atoms with van der Waals surface area (Å²) < 4.78 is 18.3. The van der Waals surface area contributed by atoms with E-state index in [0.717, 1.165) is 22.5 Å². The monoisotopic (exact) mass is 353 g/mol. The Morgan fingerprint density at radius 3 is 2.38 bits per heavy atom. The second kappa shape index (κ2) is 7.82. The number of nitrogens with zero attached hydrogens (tertiary/aromatic N) is 2. The van der Waals surface area contributed by atoms with Crippen LogP contribution in [0.5, 0.6) is 17.2 Å². The molecule has 0 unspecified atom stereocenters. The van der Waals surface area contributed by atoms with Crippen LogP contribution < -0.4 is 19.5 Å². The summed E-state index contributed by atoms with van der Waals surface area (Å²) in [4.78, 5) is 4.68. The van der Waals surface area contributed by atoms with Crippen molar-refractivity contribution in [3.63, 3.8) is 0 Å². The number of hydrogen-bond donors (Lipinski definition) is 1. The lowest BCUT2D eigenvalue weighted by Crippen LogP contribution is -2.07. The molecule has 0 aliphatic carbocycles. The molecule has 136 valence electrons. The Morgan fingerprint density at radius 2 is 1.77 bits per heavy atom. The third kappa shape index (κ3) is 3.31. The van der Waals surface area contributed by atoms with Crippen molar-refractivity contribution in [3.8, 4) is 17.2 Å². The van der Waals surface area contributed by atoms with Gasteiger partial charge in [-0.05, 0) is 29.8 Å². The number of ether oxygens (including phenoxy) is 3. The molecule has 0 saturated carbocycles. The van der Waals surface area contributed by atoms with E-state index in [0.29, 0.717) is 30.3 Å². The van der Waals surface area contributed by atoms with Crippen molar-refractivity contribution in [3.05, 3.63) is 54.6 Å². The molecule has 0 spiro atoms. The Kier molecular flexibility index (Phi) is 5.31. The minimum absolute atomic E-state index is 0.567. The molecule has 2 aromatic carbocycles. The van der Waals surface area contributed by atoms with E-state index in [4.69, 9.17) is 14.2 Å². The van der Waals surface area contributed by atoms with Gasteiger partial charge >= 0.3 is 0 Å². The molecule has 6 nitrogen and oxygen atoms in total. The maximum Gasteiger partial charge on any atom is 0.204 e. The lowest BCUT2D eigenvalue weighted by molar-refractivity contribution is 0.324. The summed E-state index contributed by atoms with van der Waals surface area (Å²) in [5.41, 5.74) is 3.01.